The van der Waals surface area contributed by atoms with Crippen LogP contribution in [0.4, 0.5) is 0 Å². The molecule has 0 unspecified atom stereocenters. The van der Waals surface area contributed by atoms with Crippen molar-refractivity contribution in [1.29, 1.82) is 0 Å². The summed E-state index contributed by atoms with van der Waals surface area (Å²) in [6, 6.07) is 18.0. The average Bonchev–Trinajstić information content (AvgIpc) is 3.50. The molecule has 1 atom stereocenters. The summed E-state index contributed by atoms with van der Waals surface area (Å²) in [5, 5.41) is 2.02. The van der Waals surface area contributed by atoms with E-state index in [1.165, 1.54) is 16.9 Å². The minimum absolute atomic E-state index is 0.0302. The Morgan fingerprint density at radius 3 is 2.71 bits per heavy atom. The molecule has 4 aromatic rings. The largest absolute Gasteiger partial charge is 0.493 e. The predicted octanol–water partition coefficient (Wildman–Crippen LogP) is 4.40. The summed E-state index contributed by atoms with van der Waals surface area (Å²) in [6.45, 7) is 0. The van der Waals surface area contributed by atoms with E-state index in [1.54, 1.807) is 25.6 Å². The molecule has 1 aliphatic heterocycles. The standard InChI is InChI=1S/C27H22N2O3S2/c1-31-21-11-5-10-20(25(21)32-2)24-19-13-12-16-7-3-4-9-18(16)23(19)28-27-29(24)26(30)22(34-27)15-17-8-6-14-33-17/h3-11,14-15,24H,12-13H2,1-2H3/b22-15+/t24-/m1/s1. The summed E-state index contributed by atoms with van der Waals surface area (Å²) in [5.74, 6) is 1.30. The Morgan fingerprint density at radius 2 is 1.91 bits per heavy atom. The third kappa shape index (κ3) is 3.27. The highest BCUT2D eigenvalue weighted by Gasteiger charge is 2.34. The molecule has 2 aromatic carbocycles. The number of para-hydroxylation sites is 1. The molecule has 2 aliphatic rings. The van der Waals surface area contributed by atoms with Crippen molar-refractivity contribution in [2.75, 3.05) is 14.2 Å². The number of methoxy groups -OCH3 is 2. The maximum Gasteiger partial charge on any atom is 0.271 e. The van der Waals surface area contributed by atoms with E-state index >= 15 is 0 Å². The van der Waals surface area contributed by atoms with Gasteiger partial charge in [-0.2, -0.15) is 0 Å². The van der Waals surface area contributed by atoms with Gasteiger partial charge in [-0.15, -0.1) is 11.3 Å². The number of allylic oxidation sites excluding steroid dienone is 1. The molecule has 0 amide bonds. The van der Waals surface area contributed by atoms with Crippen molar-refractivity contribution in [2.24, 2.45) is 4.99 Å². The number of fused-ring (bicyclic) bond motifs is 3. The SMILES string of the molecule is COc1cccc([C@H]2C3=C(N=c4s/c(=C/c5cccs5)c(=O)n42)c2ccccc2CC3)c1OC. The topological polar surface area (TPSA) is 52.8 Å². The van der Waals surface area contributed by atoms with Gasteiger partial charge in [0.2, 0.25) is 0 Å². The molecule has 0 bridgehead atoms. The number of thiophene rings is 1. The Morgan fingerprint density at radius 1 is 1.03 bits per heavy atom. The molecule has 0 spiro atoms. The number of nitrogens with zero attached hydrogens (tertiary/aromatic N) is 2. The normalized spacial score (nSPS) is 17.0. The first-order chi connectivity index (χ1) is 16.7. The first-order valence-electron chi connectivity index (χ1n) is 11.1. The second kappa shape index (κ2) is 8.42. The number of benzene rings is 2. The lowest BCUT2D eigenvalue weighted by atomic mass is 9.83. The molecule has 2 aromatic heterocycles. The molecule has 3 heterocycles. The molecular formula is C27H22N2O3S2. The zero-order valence-electron chi connectivity index (χ0n) is 18.8. The lowest BCUT2D eigenvalue weighted by molar-refractivity contribution is 0.348. The first-order valence-corrected chi connectivity index (χ1v) is 12.8. The summed E-state index contributed by atoms with van der Waals surface area (Å²) in [7, 11) is 3.28. The van der Waals surface area contributed by atoms with Gasteiger partial charge in [0.15, 0.2) is 16.3 Å². The minimum atomic E-state index is -0.310. The van der Waals surface area contributed by atoms with Gasteiger partial charge in [-0.25, -0.2) is 4.99 Å². The number of rotatable bonds is 4. The lowest BCUT2D eigenvalue weighted by Crippen LogP contribution is -2.39. The van der Waals surface area contributed by atoms with E-state index in [9.17, 15) is 4.79 Å². The van der Waals surface area contributed by atoms with Gasteiger partial charge in [0.05, 0.1) is 30.5 Å². The van der Waals surface area contributed by atoms with Gasteiger partial charge >= 0.3 is 0 Å². The van der Waals surface area contributed by atoms with Crippen LogP contribution in [0.1, 0.15) is 34.0 Å². The predicted molar refractivity (Wildman–Crippen MR) is 137 cm³/mol. The van der Waals surface area contributed by atoms with Crippen LogP contribution in [0.15, 0.2) is 75.3 Å². The Balaban J connectivity index is 1.68. The number of thiazole rings is 1. The fraction of sp³-hybridized carbons (Fsp3) is 0.185. The zero-order chi connectivity index (χ0) is 23.2. The number of aryl methyl sites for hydroxylation is 1. The van der Waals surface area contributed by atoms with Crippen molar-refractivity contribution < 1.29 is 9.47 Å². The van der Waals surface area contributed by atoms with E-state index in [0.717, 1.165) is 40.1 Å². The molecule has 6 rings (SSSR count). The molecule has 5 nitrogen and oxygen atoms in total. The van der Waals surface area contributed by atoms with Crippen LogP contribution in [0.25, 0.3) is 11.8 Å². The van der Waals surface area contributed by atoms with Crippen molar-refractivity contribution in [3.05, 3.63) is 107 Å². The smallest absolute Gasteiger partial charge is 0.271 e. The minimum Gasteiger partial charge on any atom is -0.493 e. The summed E-state index contributed by atoms with van der Waals surface area (Å²) in [5.41, 5.74) is 5.43. The van der Waals surface area contributed by atoms with Gasteiger partial charge in [-0.05, 0) is 47.6 Å². The first kappa shape index (κ1) is 21.1. The highest BCUT2D eigenvalue weighted by atomic mass is 32.1. The summed E-state index contributed by atoms with van der Waals surface area (Å²) < 4.78 is 13.9. The number of hydrogen-bond donors (Lipinski definition) is 0. The van der Waals surface area contributed by atoms with Gasteiger partial charge < -0.3 is 9.47 Å². The summed E-state index contributed by atoms with van der Waals surface area (Å²) >= 11 is 3.06. The van der Waals surface area contributed by atoms with Crippen LogP contribution in [0, 0.1) is 0 Å². The van der Waals surface area contributed by atoms with Crippen LogP contribution < -0.4 is 24.4 Å². The highest BCUT2D eigenvalue weighted by Crippen LogP contribution is 2.45. The number of hydrogen-bond acceptors (Lipinski definition) is 6. The maximum absolute atomic E-state index is 13.8. The van der Waals surface area contributed by atoms with E-state index in [1.807, 2.05) is 46.4 Å². The van der Waals surface area contributed by atoms with Crippen molar-refractivity contribution in [3.63, 3.8) is 0 Å². The molecule has 34 heavy (non-hydrogen) atoms. The summed E-state index contributed by atoms with van der Waals surface area (Å²) in [6.07, 6.45) is 3.70. The zero-order valence-corrected chi connectivity index (χ0v) is 20.4. The molecule has 7 heteroatoms. The van der Waals surface area contributed by atoms with Gasteiger partial charge in [-0.1, -0.05) is 53.8 Å². The van der Waals surface area contributed by atoms with Crippen LogP contribution in [-0.4, -0.2) is 18.8 Å². The monoisotopic (exact) mass is 486 g/mol. The third-order valence-corrected chi connectivity index (χ3v) is 8.22. The van der Waals surface area contributed by atoms with Gasteiger partial charge in [0.25, 0.3) is 5.56 Å². The Labute approximate surface area is 204 Å². The van der Waals surface area contributed by atoms with Crippen LogP contribution in [0.5, 0.6) is 11.5 Å². The molecule has 0 radical (unpaired) electrons. The second-order valence-corrected chi connectivity index (χ2v) is 10.2. The van der Waals surface area contributed by atoms with E-state index in [0.29, 0.717) is 20.8 Å². The van der Waals surface area contributed by atoms with Gasteiger partial charge in [0.1, 0.15) is 0 Å². The highest BCUT2D eigenvalue weighted by molar-refractivity contribution is 7.11. The van der Waals surface area contributed by atoms with Gasteiger partial charge in [0, 0.05) is 16.0 Å². The number of aromatic nitrogens is 1. The van der Waals surface area contributed by atoms with Crippen LogP contribution in [-0.2, 0) is 6.42 Å². The molecule has 0 saturated carbocycles. The van der Waals surface area contributed by atoms with Crippen molar-refractivity contribution >= 4 is 34.4 Å². The average molecular weight is 487 g/mol. The Bertz CT molecular complexity index is 1610. The van der Waals surface area contributed by atoms with E-state index in [4.69, 9.17) is 14.5 Å². The van der Waals surface area contributed by atoms with Crippen LogP contribution in [0.2, 0.25) is 0 Å². The van der Waals surface area contributed by atoms with Crippen molar-refractivity contribution in [3.8, 4) is 11.5 Å². The molecular weight excluding hydrogens is 464 g/mol. The lowest BCUT2D eigenvalue weighted by Gasteiger charge is -2.31. The molecule has 170 valence electrons. The molecule has 0 saturated heterocycles. The summed E-state index contributed by atoms with van der Waals surface area (Å²) in [4.78, 5) is 20.6. The van der Waals surface area contributed by atoms with Crippen LogP contribution in [0.3, 0.4) is 0 Å². The molecule has 0 fully saturated rings. The quantitative estimate of drug-likeness (QED) is 0.430. The number of ether oxygens (including phenoxy) is 2. The molecule has 1 aliphatic carbocycles. The molecule has 0 N–H and O–H groups in total. The van der Waals surface area contributed by atoms with Crippen LogP contribution >= 0.6 is 22.7 Å². The van der Waals surface area contributed by atoms with E-state index in [-0.39, 0.29) is 11.6 Å². The fourth-order valence-electron chi connectivity index (χ4n) is 4.93. The third-order valence-electron chi connectivity index (χ3n) is 6.42. The Kier molecular flexibility index (Phi) is 5.23. The Hall–Kier alpha value is -3.42. The maximum atomic E-state index is 13.8. The van der Waals surface area contributed by atoms with E-state index < -0.39 is 0 Å². The fourth-order valence-corrected chi connectivity index (χ4v) is 6.65. The van der Waals surface area contributed by atoms with Gasteiger partial charge in [-0.3, -0.25) is 9.36 Å². The van der Waals surface area contributed by atoms with E-state index in [2.05, 4.69) is 24.3 Å². The second-order valence-electron chi connectivity index (χ2n) is 8.21. The van der Waals surface area contributed by atoms with Crippen molar-refractivity contribution in [2.45, 2.75) is 18.9 Å². The van der Waals surface area contributed by atoms with Crippen molar-refractivity contribution in [1.82, 2.24) is 4.57 Å².